The first-order valence-electron chi connectivity index (χ1n) is 11.9. The van der Waals surface area contributed by atoms with E-state index in [1.807, 2.05) is 42.7 Å². The Morgan fingerprint density at radius 1 is 0.919 bits per heavy atom. The number of hydrogen-bond donors (Lipinski definition) is 1. The third-order valence-corrected chi connectivity index (χ3v) is 7.16. The van der Waals surface area contributed by atoms with E-state index in [-0.39, 0.29) is 24.8 Å². The summed E-state index contributed by atoms with van der Waals surface area (Å²) in [6, 6.07) is 23.3. The Morgan fingerprint density at radius 3 is 2.24 bits per heavy atom. The average molecular weight is 520 g/mol. The zero-order valence-electron chi connectivity index (χ0n) is 20.9. The minimum Gasteiger partial charge on any atom is -0.478 e. The van der Waals surface area contributed by atoms with Gasteiger partial charge in [-0.1, -0.05) is 42.5 Å². The maximum atomic E-state index is 13.7. The van der Waals surface area contributed by atoms with Crippen LogP contribution in [-0.2, 0) is 4.79 Å². The molecule has 8 heteroatoms. The molecule has 0 bridgehead atoms. The molecule has 1 amide bonds. The van der Waals surface area contributed by atoms with Gasteiger partial charge in [0.1, 0.15) is 11.5 Å². The second-order valence-electron chi connectivity index (χ2n) is 9.38. The van der Waals surface area contributed by atoms with Crippen molar-refractivity contribution in [3.63, 3.8) is 0 Å². The number of rotatable bonds is 8. The fourth-order valence-corrected chi connectivity index (χ4v) is 4.73. The zero-order chi connectivity index (χ0) is 26.6. The minimum absolute atomic E-state index is 0.0650. The number of amides is 1. The fraction of sp³-hybridized carbons (Fsp3) is 0.276. The van der Waals surface area contributed by atoms with Gasteiger partial charge >= 0.3 is 12.1 Å². The quantitative estimate of drug-likeness (QED) is 0.299. The molecule has 7 nitrogen and oxygen atoms in total. The van der Waals surface area contributed by atoms with Gasteiger partial charge in [-0.15, -0.1) is 11.8 Å². The molecule has 2 atom stereocenters. The molecular weight excluding hydrogens is 490 g/mol. The molecule has 1 heterocycles. The van der Waals surface area contributed by atoms with Crippen LogP contribution in [0.5, 0.6) is 11.5 Å². The number of thioether (sulfide) groups is 1. The fourth-order valence-electron chi connectivity index (χ4n) is 4.33. The molecule has 0 radical (unpaired) electrons. The van der Waals surface area contributed by atoms with Crippen molar-refractivity contribution in [2.75, 3.05) is 19.3 Å². The van der Waals surface area contributed by atoms with E-state index < -0.39 is 23.6 Å². The zero-order valence-corrected chi connectivity index (χ0v) is 21.7. The van der Waals surface area contributed by atoms with Gasteiger partial charge in [-0.2, -0.15) is 0 Å². The topological polar surface area (TPSA) is 93.1 Å². The maximum Gasteiger partial charge on any atom is 0.415 e. The maximum absolute atomic E-state index is 13.7. The second-order valence-corrected chi connectivity index (χ2v) is 10.3. The Hall–Kier alpha value is -3.78. The number of hydrogen-bond acceptors (Lipinski definition) is 6. The predicted octanol–water partition coefficient (Wildman–Crippen LogP) is 5.75. The van der Waals surface area contributed by atoms with Crippen molar-refractivity contribution in [3.8, 4) is 11.5 Å². The van der Waals surface area contributed by atoms with Crippen molar-refractivity contribution in [1.29, 1.82) is 0 Å². The van der Waals surface area contributed by atoms with Crippen LogP contribution in [0.2, 0.25) is 0 Å². The molecule has 192 valence electrons. The van der Waals surface area contributed by atoms with E-state index in [1.54, 1.807) is 59.1 Å². The number of ether oxygens (including phenoxy) is 2. The van der Waals surface area contributed by atoms with E-state index in [0.29, 0.717) is 17.1 Å². The molecule has 3 aromatic carbocycles. The third-order valence-electron chi connectivity index (χ3n) is 6.41. The Balaban J connectivity index is 1.63. The largest absolute Gasteiger partial charge is 0.478 e. The molecule has 37 heavy (non-hydrogen) atoms. The van der Waals surface area contributed by atoms with Crippen molar-refractivity contribution >= 4 is 29.6 Å². The lowest BCUT2D eigenvalue weighted by Gasteiger charge is -2.23. The van der Waals surface area contributed by atoms with E-state index in [2.05, 4.69) is 0 Å². The minimum atomic E-state index is -1.42. The monoisotopic (exact) mass is 519 g/mol. The lowest BCUT2D eigenvalue weighted by atomic mass is 9.84. The van der Waals surface area contributed by atoms with Gasteiger partial charge in [0.05, 0.1) is 0 Å². The lowest BCUT2D eigenvalue weighted by Crippen LogP contribution is -2.37. The Bertz CT molecular complexity index is 1280. The van der Waals surface area contributed by atoms with Crippen LogP contribution in [0.4, 0.5) is 4.79 Å². The average Bonchev–Trinajstić information content (AvgIpc) is 3.34. The molecule has 4 rings (SSSR count). The summed E-state index contributed by atoms with van der Waals surface area (Å²) in [4.78, 5) is 40.8. The highest BCUT2D eigenvalue weighted by atomic mass is 32.2. The van der Waals surface area contributed by atoms with Gasteiger partial charge in [-0.3, -0.25) is 4.79 Å². The normalized spacial score (nSPS) is 17.3. The summed E-state index contributed by atoms with van der Waals surface area (Å²) >= 11 is 1.60. The van der Waals surface area contributed by atoms with E-state index in [9.17, 15) is 19.5 Å². The van der Waals surface area contributed by atoms with E-state index in [1.165, 1.54) is 13.8 Å². The molecule has 1 N–H and O–H groups in total. The van der Waals surface area contributed by atoms with Crippen LogP contribution in [-0.4, -0.2) is 52.8 Å². The van der Waals surface area contributed by atoms with Crippen molar-refractivity contribution in [3.05, 3.63) is 90.0 Å². The Morgan fingerprint density at radius 2 is 1.59 bits per heavy atom. The van der Waals surface area contributed by atoms with Crippen LogP contribution in [0.3, 0.4) is 0 Å². The van der Waals surface area contributed by atoms with Gasteiger partial charge in [0.15, 0.2) is 11.4 Å². The van der Waals surface area contributed by atoms with Gasteiger partial charge in [0.25, 0.3) is 0 Å². The van der Waals surface area contributed by atoms with Crippen LogP contribution in [0, 0.1) is 5.92 Å². The van der Waals surface area contributed by atoms with E-state index in [4.69, 9.17) is 9.47 Å². The smallest absolute Gasteiger partial charge is 0.415 e. The first-order valence-corrected chi connectivity index (χ1v) is 13.1. The van der Waals surface area contributed by atoms with Gasteiger partial charge in [-0.25, -0.2) is 9.59 Å². The van der Waals surface area contributed by atoms with E-state index in [0.717, 1.165) is 10.5 Å². The van der Waals surface area contributed by atoms with Crippen LogP contribution in [0.15, 0.2) is 83.8 Å². The summed E-state index contributed by atoms with van der Waals surface area (Å²) in [5, 5.41) is 9.45. The first-order chi connectivity index (χ1) is 17.7. The highest BCUT2D eigenvalue weighted by molar-refractivity contribution is 7.98. The summed E-state index contributed by atoms with van der Waals surface area (Å²) in [5.74, 6) is -1.18. The predicted molar refractivity (Wildman–Crippen MR) is 142 cm³/mol. The number of carbonyl (C=O) groups is 3. The standard InChI is InChI=1S/C29H29NO6S/c1-29(2,27(32)33)36-22-11-7-8-20(16-22)24-17-30(28(34)35-21-9-5-4-6-10-21)18-25(24)26(31)19-12-14-23(37-3)15-13-19/h4-16,24-25H,17-18H2,1-3H3,(H,32,33). The first kappa shape index (κ1) is 26.3. The molecule has 0 spiro atoms. The molecule has 1 saturated heterocycles. The molecule has 0 saturated carbocycles. The second kappa shape index (κ2) is 11.1. The number of ketones is 1. The molecule has 1 aliphatic rings. The molecular formula is C29H29NO6S. The molecule has 0 aliphatic carbocycles. The number of likely N-dealkylation sites (tertiary alicyclic amines) is 1. The van der Waals surface area contributed by atoms with Crippen molar-refractivity contribution < 1.29 is 29.0 Å². The van der Waals surface area contributed by atoms with Crippen LogP contribution in [0.1, 0.15) is 35.7 Å². The molecule has 1 fully saturated rings. The van der Waals surface area contributed by atoms with Crippen molar-refractivity contribution in [2.45, 2.75) is 30.3 Å². The molecule has 2 unspecified atom stereocenters. The molecule has 0 aromatic heterocycles. The SMILES string of the molecule is CSc1ccc(C(=O)C2CN(C(=O)Oc3ccccc3)CC2c2cccc(OC(C)(C)C(=O)O)c2)cc1. The van der Waals surface area contributed by atoms with Gasteiger partial charge in [-0.05, 0) is 62.1 Å². The molecule has 3 aromatic rings. The Kier molecular flexibility index (Phi) is 7.88. The third kappa shape index (κ3) is 6.14. The summed E-state index contributed by atoms with van der Waals surface area (Å²) in [7, 11) is 0. The summed E-state index contributed by atoms with van der Waals surface area (Å²) in [5.41, 5.74) is -0.0630. The summed E-state index contributed by atoms with van der Waals surface area (Å²) < 4.78 is 11.3. The number of Topliss-reactive ketones (excluding diaryl/α,β-unsaturated/α-hetero) is 1. The van der Waals surface area contributed by atoms with Gasteiger partial charge in [0.2, 0.25) is 0 Å². The van der Waals surface area contributed by atoms with E-state index >= 15 is 0 Å². The van der Waals surface area contributed by atoms with Crippen molar-refractivity contribution in [1.82, 2.24) is 4.90 Å². The Labute approximate surface area is 220 Å². The van der Waals surface area contributed by atoms with Gasteiger partial charge < -0.3 is 19.5 Å². The van der Waals surface area contributed by atoms with Crippen LogP contribution >= 0.6 is 11.8 Å². The van der Waals surface area contributed by atoms with Crippen LogP contribution < -0.4 is 9.47 Å². The molecule has 1 aliphatic heterocycles. The highest BCUT2D eigenvalue weighted by Crippen LogP contribution is 2.37. The number of carboxylic acids is 1. The number of carbonyl (C=O) groups excluding carboxylic acids is 2. The van der Waals surface area contributed by atoms with Crippen molar-refractivity contribution in [2.24, 2.45) is 5.92 Å². The van der Waals surface area contributed by atoms with Crippen LogP contribution in [0.25, 0.3) is 0 Å². The number of aliphatic carboxylic acids is 1. The highest BCUT2D eigenvalue weighted by Gasteiger charge is 2.41. The number of carboxylic acid groups (broad SMARTS) is 1. The summed E-state index contributed by atoms with van der Waals surface area (Å²) in [6.45, 7) is 3.43. The lowest BCUT2D eigenvalue weighted by molar-refractivity contribution is -0.152. The number of nitrogens with zero attached hydrogens (tertiary/aromatic N) is 1. The number of para-hydroxylation sites is 1. The van der Waals surface area contributed by atoms with Gasteiger partial charge in [0, 0.05) is 35.4 Å². The summed E-state index contributed by atoms with van der Waals surface area (Å²) in [6.07, 6.45) is 1.45. The number of benzene rings is 3.